The van der Waals surface area contributed by atoms with Gasteiger partial charge < -0.3 is 4.74 Å². The van der Waals surface area contributed by atoms with Crippen LogP contribution in [0.3, 0.4) is 0 Å². The molecular weight excluding hydrogens is 354 g/mol. The molecule has 0 radical (unpaired) electrons. The summed E-state index contributed by atoms with van der Waals surface area (Å²) in [6.07, 6.45) is 4.47. The number of ether oxygens (including phenoxy) is 1. The number of rotatable bonds is 1. The summed E-state index contributed by atoms with van der Waals surface area (Å²) in [6, 6.07) is 1.61. The first-order valence-corrected chi connectivity index (χ1v) is 8.48. The van der Waals surface area contributed by atoms with Crippen molar-refractivity contribution in [1.82, 2.24) is 9.78 Å². The van der Waals surface area contributed by atoms with Gasteiger partial charge in [0.25, 0.3) is 5.92 Å². The number of aromatic nitrogens is 2. The molecule has 4 rings (SSSR count). The van der Waals surface area contributed by atoms with Gasteiger partial charge in [-0.05, 0) is 52.7 Å². The van der Waals surface area contributed by atoms with E-state index in [2.05, 4.69) is 21.0 Å². The van der Waals surface area contributed by atoms with E-state index in [4.69, 9.17) is 4.74 Å². The maximum Gasteiger partial charge on any atom is 0.274 e. The van der Waals surface area contributed by atoms with Crippen LogP contribution in [-0.4, -0.2) is 16.4 Å². The minimum atomic E-state index is -2.77. The fraction of sp³-hybridized carbons (Fsp3) is 0.562. The Hall–Kier alpha value is -1.01. The second-order valence-corrected chi connectivity index (χ2v) is 7.10. The van der Waals surface area contributed by atoms with Gasteiger partial charge in [-0.2, -0.15) is 5.10 Å². The van der Waals surface area contributed by atoms with Crippen LogP contribution in [0, 0.1) is 0 Å². The van der Waals surface area contributed by atoms with E-state index in [-0.39, 0.29) is 24.1 Å². The third kappa shape index (κ3) is 2.03. The maximum atomic E-state index is 14.3. The standard InChI is InChI=1S/C16H17BrF2N2O/c1-9-7-16(18,19)11-6-12-10(15(17)14(9)11)8-20-21(12)13-4-2-3-5-22-13/h6,8-9,13H,2-5,7H2,1H3. The molecule has 0 spiro atoms. The van der Waals surface area contributed by atoms with E-state index < -0.39 is 5.92 Å². The summed E-state index contributed by atoms with van der Waals surface area (Å²) in [5, 5.41) is 5.30. The minimum Gasteiger partial charge on any atom is -0.356 e. The molecule has 2 aliphatic rings. The van der Waals surface area contributed by atoms with Gasteiger partial charge in [0, 0.05) is 28.5 Å². The number of hydrogen-bond donors (Lipinski definition) is 0. The molecule has 2 heterocycles. The van der Waals surface area contributed by atoms with Crippen LogP contribution in [0.2, 0.25) is 0 Å². The summed E-state index contributed by atoms with van der Waals surface area (Å²) < 4.78 is 36.9. The van der Waals surface area contributed by atoms with E-state index in [1.807, 2.05) is 6.92 Å². The minimum absolute atomic E-state index is 0.124. The average molecular weight is 371 g/mol. The molecule has 0 saturated carbocycles. The molecule has 3 nitrogen and oxygen atoms in total. The van der Waals surface area contributed by atoms with Crippen molar-refractivity contribution in [3.63, 3.8) is 0 Å². The monoisotopic (exact) mass is 370 g/mol. The van der Waals surface area contributed by atoms with Gasteiger partial charge in [0.15, 0.2) is 6.23 Å². The van der Waals surface area contributed by atoms with Crippen molar-refractivity contribution >= 4 is 26.8 Å². The Kier molecular flexibility index (Phi) is 3.31. The van der Waals surface area contributed by atoms with Gasteiger partial charge in [0.05, 0.1) is 11.7 Å². The quantitative estimate of drug-likeness (QED) is 0.698. The first-order valence-electron chi connectivity index (χ1n) is 7.68. The smallest absolute Gasteiger partial charge is 0.274 e. The van der Waals surface area contributed by atoms with Crippen molar-refractivity contribution in [2.45, 2.75) is 50.7 Å². The summed E-state index contributed by atoms with van der Waals surface area (Å²) in [4.78, 5) is 0. The predicted octanol–water partition coefficient (Wildman–Crippen LogP) is 5.10. The summed E-state index contributed by atoms with van der Waals surface area (Å²) in [6.45, 7) is 2.55. The molecule has 0 amide bonds. The lowest BCUT2D eigenvalue weighted by atomic mass is 10.0. The van der Waals surface area contributed by atoms with Gasteiger partial charge in [-0.25, -0.2) is 13.5 Å². The Morgan fingerprint density at radius 2 is 2.23 bits per heavy atom. The molecule has 1 aliphatic carbocycles. The molecule has 1 saturated heterocycles. The largest absolute Gasteiger partial charge is 0.356 e. The van der Waals surface area contributed by atoms with Crippen molar-refractivity contribution in [2.75, 3.05) is 6.61 Å². The van der Waals surface area contributed by atoms with Crippen LogP contribution < -0.4 is 0 Å². The molecule has 2 atom stereocenters. The number of halogens is 3. The number of benzene rings is 1. The first-order chi connectivity index (χ1) is 10.5. The molecule has 6 heteroatoms. The van der Waals surface area contributed by atoms with Crippen LogP contribution >= 0.6 is 15.9 Å². The van der Waals surface area contributed by atoms with E-state index in [9.17, 15) is 8.78 Å². The SMILES string of the molecule is CC1CC(F)(F)c2cc3c(cnn3C3CCCCO3)c(Br)c21. The average Bonchev–Trinajstić information content (AvgIpc) is 3.00. The van der Waals surface area contributed by atoms with E-state index in [0.717, 1.165) is 40.2 Å². The second kappa shape index (κ2) is 4.99. The Morgan fingerprint density at radius 3 is 2.95 bits per heavy atom. The lowest BCUT2D eigenvalue weighted by Gasteiger charge is -2.24. The number of alkyl halides is 2. The zero-order valence-corrected chi connectivity index (χ0v) is 13.9. The van der Waals surface area contributed by atoms with Crippen LogP contribution in [0.1, 0.15) is 55.9 Å². The van der Waals surface area contributed by atoms with Crippen LogP contribution in [0.4, 0.5) is 8.78 Å². The van der Waals surface area contributed by atoms with Crippen molar-refractivity contribution in [2.24, 2.45) is 0 Å². The van der Waals surface area contributed by atoms with Crippen molar-refractivity contribution < 1.29 is 13.5 Å². The molecule has 118 valence electrons. The van der Waals surface area contributed by atoms with Crippen LogP contribution in [0.15, 0.2) is 16.7 Å². The first kappa shape index (κ1) is 14.6. The van der Waals surface area contributed by atoms with Crippen molar-refractivity contribution in [3.8, 4) is 0 Å². The van der Waals surface area contributed by atoms with Gasteiger partial charge >= 0.3 is 0 Å². The highest BCUT2D eigenvalue weighted by molar-refractivity contribution is 9.10. The zero-order valence-electron chi connectivity index (χ0n) is 12.3. The third-order valence-corrected chi connectivity index (χ3v) is 5.61. The van der Waals surface area contributed by atoms with Crippen molar-refractivity contribution in [1.29, 1.82) is 0 Å². The fourth-order valence-electron chi connectivity index (χ4n) is 3.69. The van der Waals surface area contributed by atoms with E-state index in [1.54, 1.807) is 16.9 Å². The van der Waals surface area contributed by atoms with E-state index in [1.165, 1.54) is 0 Å². The van der Waals surface area contributed by atoms with Gasteiger partial charge in [-0.3, -0.25) is 0 Å². The zero-order chi connectivity index (χ0) is 15.5. The molecular formula is C16H17BrF2N2O. The lowest BCUT2D eigenvalue weighted by Crippen LogP contribution is -2.19. The topological polar surface area (TPSA) is 27.1 Å². The lowest BCUT2D eigenvalue weighted by molar-refractivity contribution is -0.0368. The normalized spacial score (nSPS) is 27.3. The summed E-state index contributed by atoms with van der Waals surface area (Å²) in [5.74, 6) is -2.92. The molecule has 1 fully saturated rings. The summed E-state index contributed by atoms with van der Waals surface area (Å²) >= 11 is 3.53. The predicted molar refractivity (Wildman–Crippen MR) is 83.2 cm³/mol. The van der Waals surface area contributed by atoms with E-state index in [0.29, 0.717) is 6.61 Å². The highest BCUT2D eigenvalue weighted by atomic mass is 79.9. The van der Waals surface area contributed by atoms with Crippen LogP contribution in [0.25, 0.3) is 10.9 Å². The number of nitrogens with zero attached hydrogens (tertiary/aromatic N) is 2. The fourth-order valence-corrected chi connectivity index (χ4v) is 4.60. The molecule has 1 aliphatic heterocycles. The Bertz CT molecular complexity index is 737. The molecule has 22 heavy (non-hydrogen) atoms. The summed E-state index contributed by atoms with van der Waals surface area (Å²) in [5.41, 5.74) is 1.59. The molecule has 1 aromatic carbocycles. The van der Waals surface area contributed by atoms with Gasteiger partial charge in [-0.1, -0.05) is 6.92 Å². The number of fused-ring (bicyclic) bond motifs is 2. The second-order valence-electron chi connectivity index (χ2n) is 6.30. The molecule has 0 N–H and O–H groups in total. The number of hydrogen-bond acceptors (Lipinski definition) is 2. The van der Waals surface area contributed by atoms with Gasteiger partial charge in [0.1, 0.15) is 0 Å². The molecule has 2 unspecified atom stereocenters. The molecule has 2 aromatic rings. The molecule has 0 bridgehead atoms. The highest BCUT2D eigenvalue weighted by Crippen LogP contribution is 2.52. The Morgan fingerprint density at radius 1 is 1.41 bits per heavy atom. The van der Waals surface area contributed by atoms with Gasteiger partial charge in [-0.15, -0.1) is 0 Å². The molecule has 1 aromatic heterocycles. The Balaban J connectivity index is 1.91. The maximum absolute atomic E-state index is 14.3. The Labute approximate surface area is 135 Å². The van der Waals surface area contributed by atoms with Crippen LogP contribution in [0.5, 0.6) is 0 Å². The summed E-state index contributed by atoms with van der Waals surface area (Å²) in [7, 11) is 0. The third-order valence-electron chi connectivity index (χ3n) is 4.76. The van der Waals surface area contributed by atoms with Gasteiger partial charge in [0.2, 0.25) is 0 Å². The van der Waals surface area contributed by atoms with Crippen LogP contribution in [-0.2, 0) is 10.7 Å². The van der Waals surface area contributed by atoms with E-state index >= 15 is 0 Å². The van der Waals surface area contributed by atoms with Crippen molar-refractivity contribution in [3.05, 3.63) is 27.9 Å². The highest BCUT2D eigenvalue weighted by Gasteiger charge is 2.45.